The Morgan fingerprint density at radius 3 is 1.27 bits per heavy atom. The van der Waals surface area contributed by atoms with Crippen molar-refractivity contribution >= 4 is 45.3 Å². The van der Waals surface area contributed by atoms with Crippen molar-refractivity contribution in [1.29, 1.82) is 0 Å². The maximum Gasteiger partial charge on any atom is 0.120 e. The first-order valence-electron chi connectivity index (χ1n) is 6.64. The molecule has 0 N–H and O–H groups in total. The summed E-state index contributed by atoms with van der Waals surface area (Å²) in [7, 11) is 0. The van der Waals surface area contributed by atoms with Crippen LogP contribution in [-0.4, -0.2) is 19.9 Å². The lowest BCUT2D eigenvalue weighted by molar-refractivity contribution is 1.15. The van der Waals surface area contributed by atoms with Gasteiger partial charge < -0.3 is 0 Å². The first-order valence-corrected chi connectivity index (χ1v) is 7.40. The summed E-state index contributed by atoms with van der Waals surface area (Å²) in [5, 5.41) is 1.28. The number of benzene rings is 2. The maximum atomic E-state index is 6.01. The molecule has 104 valence electrons. The second-order valence-electron chi connectivity index (χ2n) is 5.11. The number of hydrogen-bond donors (Lipinski definition) is 0. The topological polar surface area (TPSA) is 51.6 Å². The van der Waals surface area contributed by atoms with Crippen molar-refractivity contribution in [3.05, 3.63) is 46.4 Å². The number of rotatable bonds is 0. The zero-order valence-electron chi connectivity index (χ0n) is 11.0. The minimum absolute atomic E-state index is 0.639. The number of aromatic nitrogens is 4. The number of halogens is 2. The Kier molecular flexibility index (Phi) is 2.30. The van der Waals surface area contributed by atoms with Crippen molar-refractivity contribution in [1.82, 2.24) is 19.9 Å². The molecule has 0 bridgehead atoms. The van der Waals surface area contributed by atoms with Gasteiger partial charge in [-0.2, -0.15) is 0 Å². The van der Waals surface area contributed by atoms with Crippen LogP contribution in [0.5, 0.6) is 0 Å². The van der Waals surface area contributed by atoms with Crippen LogP contribution in [0.3, 0.4) is 0 Å². The predicted octanol–water partition coefficient (Wildman–Crippen LogP) is 4.53. The SMILES string of the molecule is Clc1ccc2nc3c(nc2c1)-c1nc2ccc(Cl)cc2nc1-3. The molecule has 0 amide bonds. The van der Waals surface area contributed by atoms with Crippen LogP contribution < -0.4 is 0 Å². The van der Waals surface area contributed by atoms with Gasteiger partial charge in [-0.15, -0.1) is 0 Å². The lowest BCUT2D eigenvalue weighted by atomic mass is 9.98. The molecular weight excluding hydrogens is 319 g/mol. The fraction of sp³-hybridized carbons (Fsp3) is 0. The van der Waals surface area contributed by atoms with Crippen LogP contribution in [0.4, 0.5) is 0 Å². The van der Waals surface area contributed by atoms with Gasteiger partial charge in [-0.05, 0) is 36.4 Å². The highest BCUT2D eigenvalue weighted by Crippen LogP contribution is 2.43. The fourth-order valence-electron chi connectivity index (χ4n) is 2.65. The molecule has 0 fully saturated rings. The zero-order valence-corrected chi connectivity index (χ0v) is 12.5. The van der Waals surface area contributed by atoms with Gasteiger partial charge in [-0.25, -0.2) is 19.9 Å². The van der Waals surface area contributed by atoms with Gasteiger partial charge >= 0.3 is 0 Å². The monoisotopic (exact) mass is 324 g/mol. The van der Waals surface area contributed by atoms with E-state index < -0.39 is 0 Å². The average molecular weight is 325 g/mol. The largest absolute Gasteiger partial charge is 0.242 e. The molecule has 0 aliphatic heterocycles. The van der Waals surface area contributed by atoms with Crippen molar-refractivity contribution in [2.45, 2.75) is 0 Å². The first-order chi connectivity index (χ1) is 10.7. The average Bonchev–Trinajstić information content (AvgIpc) is 2.51. The van der Waals surface area contributed by atoms with Crippen LogP contribution >= 0.6 is 23.2 Å². The minimum atomic E-state index is 0.639. The van der Waals surface area contributed by atoms with Crippen LogP contribution in [0.2, 0.25) is 10.0 Å². The van der Waals surface area contributed by atoms with E-state index in [1.54, 1.807) is 24.3 Å². The smallest absolute Gasteiger partial charge is 0.120 e. The second kappa shape index (κ2) is 4.12. The summed E-state index contributed by atoms with van der Waals surface area (Å²) in [6, 6.07) is 10.9. The summed E-state index contributed by atoms with van der Waals surface area (Å²) in [6.07, 6.45) is 0. The highest BCUT2D eigenvalue weighted by molar-refractivity contribution is 6.31. The van der Waals surface area contributed by atoms with E-state index in [4.69, 9.17) is 23.2 Å². The maximum absolute atomic E-state index is 6.01. The number of hydrogen-bond acceptors (Lipinski definition) is 4. The second-order valence-corrected chi connectivity index (χ2v) is 5.98. The Morgan fingerprint density at radius 1 is 0.500 bits per heavy atom. The van der Waals surface area contributed by atoms with Gasteiger partial charge in [0.15, 0.2) is 0 Å². The summed E-state index contributed by atoms with van der Waals surface area (Å²) in [5.41, 5.74) is 6.20. The molecule has 0 radical (unpaired) electrons. The van der Waals surface area contributed by atoms with E-state index in [2.05, 4.69) is 19.9 Å². The van der Waals surface area contributed by atoms with Crippen LogP contribution in [0.25, 0.3) is 44.8 Å². The van der Waals surface area contributed by atoms with E-state index in [1.165, 1.54) is 0 Å². The number of nitrogens with zero attached hydrogens (tertiary/aromatic N) is 4. The molecule has 1 aliphatic carbocycles. The van der Waals surface area contributed by atoms with Crippen LogP contribution in [-0.2, 0) is 0 Å². The van der Waals surface area contributed by atoms with Gasteiger partial charge in [0.05, 0.1) is 22.1 Å². The molecular formula is C16H6Cl2N4. The normalized spacial score (nSPS) is 12.1. The standard InChI is InChI=1S/C16H6Cl2N4/c17-7-1-3-9-11(5-7)21-15-13(19-9)16-14(15)20-10-4-2-8(18)6-12(10)22-16/h1-6H. The summed E-state index contributed by atoms with van der Waals surface area (Å²) < 4.78 is 0. The van der Waals surface area contributed by atoms with E-state index in [9.17, 15) is 0 Å². The number of fused-ring (bicyclic) bond motifs is 6. The van der Waals surface area contributed by atoms with Gasteiger partial charge in [-0.1, -0.05) is 23.2 Å². The minimum Gasteiger partial charge on any atom is -0.242 e. The summed E-state index contributed by atoms with van der Waals surface area (Å²) in [4.78, 5) is 18.5. The summed E-state index contributed by atoms with van der Waals surface area (Å²) >= 11 is 12.0. The van der Waals surface area contributed by atoms with Crippen LogP contribution in [0.15, 0.2) is 36.4 Å². The van der Waals surface area contributed by atoms with Crippen LogP contribution in [0, 0.1) is 0 Å². The quantitative estimate of drug-likeness (QED) is 0.420. The molecule has 4 aromatic rings. The molecule has 5 rings (SSSR count). The Hall–Kier alpha value is -2.30. The molecule has 0 unspecified atom stereocenters. The van der Waals surface area contributed by atoms with Crippen LogP contribution in [0.1, 0.15) is 0 Å². The third kappa shape index (κ3) is 1.59. The van der Waals surface area contributed by atoms with E-state index in [0.29, 0.717) is 10.0 Å². The Morgan fingerprint density at radius 2 is 0.864 bits per heavy atom. The summed E-state index contributed by atoms with van der Waals surface area (Å²) in [6.45, 7) is 0. The highest BCUT2D eigenvalue weighted by Gasteiger charge is 2.30. The molecule has 22 heavy (non-hydrogen) atoms. The van der Waals surface area contributed by atoms with Gasteiger partial charge in [0.25, 0.3) is 0 Å². The Labute approximate surface area is 134 Å². The highest BCUT2D eigenvalue weighted by atomic mass is 35.5. The Bertz CT molecular complexity index is 1000. The van der Waals surface area contributed by atoms with Gasteiger partial charge in [0.1, 0.15) is 22.8 Å². The fourth-order valence-corrected chi connectivity index (χ4v) is 2.99. The molecule has 2 heterocycles. The lowest BCUT2D eigenvalue weighted by Gasteiger charge is -2.20. The van der Waals surface area contributed by atoms with Gasteiger partial charge in [0, 0.05) is 10.0 Å². The van der Waals surface area contributed by atoms with Crippen molar-refractivity contribution in [3.8, 4) is 22.8 Å². The van der Waals surface area contributed by atoms with Crippen molar-refractivity contribution in [3.63, 3.8) is 0 Å². The van der Waals surface area contributed by atoms with Crippen molar-refractivity contribution in [2.75, 3.05) is 0 Å². The third-order valence-electron chi connectivity index (χ3n) is 3.70. The molecule has 4 nitrogen and oxygen atoms in total. The molecule has 6 heteroatoms. The van der Waals surface area contributed by atoms with Crippen molar-refractivity contribution < 1.29 is 0 Å². The molecule has 0 saturated heterocycles. The molecule has 1 aliphatic rings. The predicted molar refractivity (Wildman–Crippen MR) is 87.1 cm³/mol. The lowest BCUT2D eigenvalue weighted by Crippen LogP contribution is -2.09. The van der Waals surface area contributed by atoms with Gasteiger partial charge in [0.2, 0.25) is 0 Å². The van der Waals surface area contributed by atoms with E-state index >= 15 is 0 Å². The summed E-state index contributed by atoms with van der Waals surface area (Å²) in [5.74, 6) is 0. The van der Waals surface area contributed by atoms with Crippen molar-refractivity contribution in [2.24, 2.45) is 0 Å². The molecule has 2 aromatic carbocycles. The molecule has 0 atom stereocenters. The third-order valence-corrected chi connectivity index (χ3v) is 4.17. The Balaban J connectivity index is 1.80. The van der Waals surface area contributed by atoms with E-state index in [1.807, 2.05) is 12.1 Å². The zero-order chi connectivity index (χ0) is 14.8. The molecule has 0 spiro atoms. The molecule has 0 saturated carbocycles. The molecule has 2 aromatic heterocycles. The van der Waals surface area contributed by atoms with E-state index in [-0.39, 0.29) is 0 Å². The first kappa shape index (κ1) is 12.3. The van der Waals surface area contributed by atoms with E-state index in [0.717, 1.165) is 44.8 Å². The van der Waals surface area contributed by atoms with Gasteiger partial charge in [-0.3, -0.25) is 0 Å².